The van der Waals surface area contributed by atoms with Gasteiger partial charge in [-0.3, -0.25) is 4.57 Å². The van der Waals surface area contributed by atoms with Crippen LogP contribution in [0.5, 0.6) is 0 Å². The van der Waals surface area contributed by atoms with Gasteiger partial charge in [0.05, 0.1) is 11.0 Å². The quantitative estimate of drug-likeness (QED) is 0.872. The molecular weight excluding hydrogens is 212 g/mol. The van der Waals surface area contributed by atoms with Crippen molar-refractivity contribution in [3.63, 3.8) is 0 Å². The van der Waals surface area contributed by atoms with Gasteiger partial charge in [0.2, 0.25) is 0 Å². The van der Waals surface area contributed by atoms with Crippen LogP contribution in [-0.2, 0) is 0 Å². The molecule has 86 valence electrons. The molecule has 0 amide bonds. The van der Waals surface area contributed by atoms with Crippen molar-refractivity contribution < 1.29 is 8.78 Å². The third-order valence-electron chi connectivity index (χ3n) is 2.61. The van der Waals surface area contributed by atoms with Gasteiger partial charge in [-0.05, 0) is 12.1 Å². The van der Waals surface area contributed by atoms with Crippen LogP contribution < -0.4 is 5.73 Å². The molecule has 1 atom stereocenters. The van der Waals surface area contributed by atoms with Gasteiger partial charge in [0.25, 0.3) is 0 Å². The summed E-state index contributed by atoms with van der Waals surface area (Å²) in [5, 5.41) is 0. The van der Waals surface area contributed by atoms with Gasteiger partial charge in [0.15, 0.2) is 0 Å². The van der Waals surface area contributed by atoms with Crippen LogP contribution in [-0.4, -0.2) is 16.1 Å². The molecule has 2 rings (SSSR count). The van der Waals surface area contributed by atoms with Crippen molar-refractivity contribution in [2.45, 2.75) is 19.4 Å². The third kappa shape index (κ3) is 1.67. The van der Waals surface area contributed by atoms with E-state index in [2.05, 4.69) is 4.98 Å². The Morgan fingerprint density at radius 2 is 2.06 bits per heavy atom. The zero-order chi connectivity index (χ0) is 11.7. The molecule has 0 spiro atoms. The van der Waals surface area contributed by atoms with Gasteiger partial charge in [-0.15, -0.1) is 0 Å². The van der Waals surface area contributed by atoms with Gasteiger partial charge in [-0.25, -0.2) is 4.98 Å². The van der Waals surface area contributed by atoms with Crippen LogP contribution in [0, 0.1) is 0 Å². The van der Waals surface area contributed by atoms with E-state index in [4.69, 9.17) is 5.73 Å². The van der Waals surface area contributed by atoms with E-state index in [1.807, 2.05) is 0 Å². The van der Waals surface area contributed by atoms with Gasteiger partial charge in [-0.2, -0.15) is 8.78 Å². The van der Waals surface area contributed by atoms with Crippen molar-refractivity contribution in [2.24, 2.45) is 5.73 Å². The van der Waals surface area contributed by atoms with E-state index in [-0.39, 0.29) is 5.92 Å². The highest BCUT2D eigenvalue weighted by Crippen LogP contribution is 2.26. The lowest BCUT2D eigenvalue weighted by molar-refractivity contribution is 0.0705. The number of nitrogens with two attached hydrogens (primary N) is 1. The minimum atomic E-state index is -2.59. The first-order valence-electron chi connectivity index (χ1n) is 5.10. The first kappa shape index (κ1) is 11.0. The highest BCUT2D eigenvalue weighted by Gasteiger charge is 2.20. The summed E-state index contributed by atoms with van der Waals surface area (Å²) in [7, 11) is 0. The summed E-state index contributed by atoms with van der Waals surface area (Å²) in [5.74, 6) is 0.167. The first-order valence-corrected chi connectivity index (χ1v) is 5.10. The number of halogens is 2. The second kappa shape index (κ2) is 4.17. The summed E-state index contributed by atoms with van der Waals surface area (Å²) in [4.78, 5) is 4.21. The lowest BCUT2D eigenvalue weighted by atomic mass is 10.2. The van der Waals surface area contributed by atoms with Gasteiger partial charge in [0, 0.05) is 12.5 Å². The molecule has 0 fully saturated rings. The van der Waals surface area contributed by atoms with Crippen LogP contribution in [0.4, 0.5) is 8.78 Å². The third-order valence-corrected chi connectivity index (χ3v) is 2.61. The minimum absolute atomic E-state index is 0.179. The molecular formula is C11H13F2N3. The summed E-state index contributed by atoms with van der Waals surface area (Å²) in [6.45, 7) is -0.493. The van der Waals surface area contributed by atoms with E-state index < -0.39 is 6.55 Å². The normalized spacial score (nSPS) is 13.6. The van der Waals surface area contributed by atoms with Crippen molar-refractivity contribution in [1.29, 1.82) is 0 Å². The topological polar surface area (TPSA) is 43.8 Å². The molecule has 0 bridgehead atoms. The fourth-order valence-corrected chi connectivity index (χ4v) is 1.72. The van der Waals surface area contributed by atoms with Crippen molar-refractivity contribution >= 4 is 11.0 Å². The SMILES string of the molecule is C[C@H](CN)c1nc2ccccc2n1C(F)F. The molecule has 0 aliphatic carbocycles. The fourth-order valence-electron chi connectivity index (χ4n) is 1.72. The Balaban J connectivity index is 2.68. The van der Waals surface area contributed by atoms with E-state index in [1.54, 1.807) is 31.2 Å². The summed E-state index contributed by atoms with van der Waals surface area (Å²) in [6.07, 6.45) is 0. The van der Waals surface area contributed by atoms with Crippen LogP contribution in [0.1, 0.15) is 25.2 Å². The molecule has 0 saturated carbocycles. The lowest BCUT2D eigenvalue weighted by Gasteiger charge is -2.11. The lowest BCUT2D eigenvalue weighted by Crippen LogP contribution is -2.15. The molecule has 1 aromatic carbocycles. The smallest absolute Gasteiger partial charge is 0.320 e. The van der Waals surface area contributed by atoms with Crippen LogP contribution in [0.2, 0.25) is 0 Å². The monoisotopic (exact) mass is 225 g/mol. The molecule has 2 N–H and O–H groups in total. The van der Waals surface area contributed by atoms with Gasteiger partial charge in [0.1, 0.15) is 5.82 Å². The molecule has 0 aliphatic rings. The molecule has 0 radical (unpaired) electrons. The summed E-state index contributed by atoms with van der Waals surface area (Å²) < 4.78 is 26.9. The Morgan fingerprint density at radius 1 is 1.38 bits per heavy atom. The first-order chi connectivity index (χ1) is 7.65. The number of alkyl halides is 2. The Kier molecular flexibility index (Phi) is 2.87. The van der Waals surface area contributed by atoms with Crippen molar-refractivity contribution in [3.05, 3.63) is 30.1 Å². The number of benzene rings is 1. The Hall–Kier alpha value is -1.49. The van der Waals surface area contributed by atoms with Gasteiger partial charge >= 0.3 is 6.55 Å². The van der Waals surface area contributed by atoms with E-state index in [1.165, 1.54) is 0 Å². The summed E-state index contributed by atoms with van der Waals surface area (Å²) in [6, 6.07) is 6.87. The maximum Gasteiger partial charge on any atom is 0.320 e. The largest absolute Gasteiger partial charge is 0.330 e. The maximum absolute atomic E-state index is 13.0. The van der Waals surface area contributed by atoms with Gasteiger partial charge in [-0.1, -0.05) is 19.1 Å². The molecule has 0 aliphatic heterocycles. The molecule has 16 heavy (non-hydrogen) atoms. The highest BCUT2D eigenvalue weighted by molar-refractivity contribution is 5.76. The van der Waals surface area contributed by atoms with Crippen molar-refractivity contribution in [2.75, 3.05) is 6.54 Å². The number of nitrogens with zero attached hydrogens (tertiary/aromatic N) is 2. The van der Waals surface area contributed by atoms with E-state index in [0.29, 0.717) is 23.4 Å². The van der Waals surface area contributed by atoms with E-state index in [9.17, 15) is 8.78 Å². The number of para-hydroxylation sites is 2. The predicted octanol–water partition coefficient (Wildman–Crippen LogP) is 2.49. The van der Waals surface area contributed by atoms with E-state index >= 15 is 0 Å². The molecule has 5 heteroatoms. The zero-order valence-corrected chi connectivity index (χ0v) is 8.90. The average Bonchev–Trinajstić information content (AvgIpc) is 2.67. The van der Waals surface area contributed by atoms with Crippen molar-refractivity contribution in [1.82, 2.24) is 9.55 Å². The number of imidazole rings is 1. The molecule has 2 aromatic rings. The predicted molar refractivity (Wildman–Crippen MR) is 58.5 cm³/mol. The number of fused-ring (bicyclic) bond motifs is 1. The maximum atomic E-state index is 13.0. The van der Waals surface area contributed by atoms with Crippen LogP contribution in [0.3, 0.4) is 0 Å². The fraction of sp³-hybridized carbons (Fsp3) is 0.364. The average molecular weight is 225 g/mol. The molecule has 0 unspecified atom stereocenters. The standard InChI is InChI=1S/C11H13F2N3/c1-7(6-14)10-15-8-4-2-3-5-9(8)16(10)11(12)13/h2-5,7,11H,6,14H2,1H3/t7-/m1/s1. The Bertz CT molecular complexity index is 493. The summed E-state index contributed by atoms with van der Waals surface area (Å²) in [5.41, 5.74) is 6.53. The number of aromatic nitrogens is 2. The van der Waals surface area contributed by atoms with Crippen molar-refractivity contribution in [3.8, 4) is 0 Å². The molecule has 0 saturated heterocycles. The minimum Gasteiger partial charge on any atom is -0.330 e. The second-order valence-electron chi connectivity index (χ2n) is 3.74. The van der Waals surface area contributed by atoms with E-state index in [0.717, 1.165) is 4.57 Å². The van der Waals surface area contributed by atoms with Gasteiger partial charge < -0.3 is 5.73 Å². The second-order valence-corrected chi connectivity index (χ2v) is 3.74. The Morgan fingerprint density at radius 3 is 2.69 bits per heavy atom. The molecule has 1 heterocycles. The highest BCUT2D eigenvalue weighted by atomic mass is 19.3. The number of rotatable bonds is 3. The molecule has 1 aromatic heterocycles. The zero-order valence-electron chi connectivity index (χ0n) is 8.90. The van der Waals surface area contributed by atoms with Crippen LogP contribution >= 0.6 is 0 Å². The summed E-state index contributed by atoms with van der Waals surface area (Å²) >= 11 is 0. The molecule has 3 nitrogen and oxygen atoms in total. The van der Waals surface area contributed by atoms with Crippen LogP contribution in [0.25, 0.3) is 11.0 Å². The number of hydrogen-bond donors (Lipinski definition) is 1. The Labute approximate surface area is 91.9 Å². The van der Waals surface area contributed by atoms with Crippen LogP contribution in [0.15, 0.2) is 24.3 Å². The number of hydrogen-bond acceptors (Lipinski definition) is 2.